The number of ether oxygens (including phenoxy) is 4. The molecule has 0 heterocycles. The Labute approximate surface area is 234 Å². The lowest BCUT2D eigenvalue weighted by Gasteiger charge is -2.50. The second-order valence-electron chi connectivity index (χ2n) is 11.0. The molecule has 5 nitrogen and oxygen atoms in total. The van der Waals surface area contributed by atoms with Gasteiger partial charge in [0.25, 0.3) is 0 Å². The zero-order chi connectivity index (χ0) is 27.6. The van der Waals surface area contributed by atoms with Crippen LogP contribution in [0.2, 0.25) is 0 Å². The van der Waals surface area contributed by atoms with Gasteiger partial charge in [-0.15, -0.1) is 0 Å². The van der Waals surface area contributed by atoms with Crippen LogP contribution in [0.25, 0.3) is 11.1 Å². The van der Waals surface area contributed by atoms with Crippen LogP contribution in [0.5, 0.6) is 23.0 Å². The Kier molecular flexibility index (Phi) is 5.50. The Morgan fingerprint density at radius 1 is 0.525 bits per heavy atom. The number of benzene rings is 4. The number of hydrogen-bond donors (Lipinski definition) is 0. The molecule has 0 saturated carbocycles. The van der Waals surface area contributed by atoms with Gasteiger partial charge in [0.1, 0.15) is 0 Å². The van der Waals surface area contributed by atoms with E-state index < -0.39 is 5.41 Å². The number of ketones is 1. The van der Waals surface area contributed by atoms with Crippen molar-refractivity contribution >= 4 is 5.78 Å². The Morgan fingerprint density at radius 2 is 1.02 bits per heavy atom. The minimum atomic E-state index is -0.393. The molecule has 0 N–H and O–H groups in total. The molecule has 40 heavy (non-hydrogen) atoms. The van der Waals surface area contributed by atoms with E-state index in [-0.39, 0.29) is 11.2 Å². The van der Waals surface area contributed by atoms with E-state index in [0.717, 1.165) is 24.8 Å². The molecule has 4 aromatic carbocycles. The van der Waals surface area contributed by atoms with Crippen molar-refractivity contribution in [1.29, 1.82) is 0 Å². The van der Waals surface area contributed by atoms with Crippen LogP contribution < -0.4 is 18.9 Å². The van der Waals surface area contributed by atoms with E-state index in [1.165, 1.54) is 33.4 Å². The second kappa shape index (κ2) is 8.88. The quantitative estimate of drug-likeness (QED) is 0.281. The zero-order valence-corrected chi connectivity index (χ0v) is 23.3. The highest BCUT2D eigenvalue weighted by Gasteiger charge is 2.55. The van der Waals surface area contributed by atoms with Crippen molar-refractivity contribution in [2.45, 2.75) is 36.5 Å². The normalized spacial score (nSPS) is 19.4. The van der Waals surface area contributed by atoms with Crippen LogP contribution >= 0.6 is 0 Å². The topological polar surface area (TPSA) is 54.0 Å². The van der Waals surface area contributed by atoms with Crippen molar-refractivity contribution in [1.82, 2.24) is 0 Å². The van der Waals surface area contributed by atoms with Crippen molar-refractivity contribution < 1.29 is 23.7 Å². The monoisotopic (exact) mass is 532 g/mol. The van der Waals surface area contributed by atoms with Crippen molar-refractivity contribution in [3.05, 3.63) is 106 Å². The Hall–Kier alpha value is -4.25. The molecule has 0 fully saturated rings. The molecule has 0 radical (unpaired) electrons. The van der Waals surface area contributed by atoms with E-state index in [1.807, 2.05) is 12.1 Å². The largest absolute Gasteiger partial charge is 0.493 e. The van der Waals surface area contributed by atoms with Gasteiger partial charge in [0.05, 0.1) is 28.4 Å². The number of Topliss-reactive ketones (excluding diaryl/α,β-unsaturated/α-hetero) is 1. The lowest BCUT2D eigenvalue weighted by molar-refractivity contribution is 0.0952. The fourth-order valence-electron chi connectivity index (χ4n) is 7.82. The first kappa shape index (κ1) is 24.8. The lowest BCUT2D eigenvalue weighted by Crippen LogP contribution is -2.44. The molecule has 3 aliphatic rings. The molecule has 1 atom stereocenters. The van der Waals surface area contributed by atoms with E-state index in [1.54, 1.807) is 28.4 Å². The number of rotatable bonds is 4. The third-order valence-corrected chi connectivity index (χ3v) is 9.61. The summed E-state index contributed by atoms with van der Waals surface area (Å²) < 4.78 is 23.1. The van der Waals surface area contributed by atoms with Gasteiger partial charge in [-0.05, 0) is 82.5 Å². The molecule has 0 aliphatic heterocycles. The molecule has 0 saturated heterocycles. The van der Waals surface area contributed by atoms with Gasteiger partial charge >= 0.3 is 0 Å². The molecule has 0 amide bonds. The maximum atomic E-state index is 13.4. The summed E-state index contributed by atoms with van der Waals surface area (Å²) in [7, 11) is 6.63. The van der Waals surface area contributed by atoms with Crippen LogP contribution in [0.1, 0.15) is 63.9 Å². The minimum absolute atomic E-state index is 0.139. The van der Waals surface area contributed by atoms with E-state index >= 15 is 0 Å². The van der Waals surface area contributed by atoms with Gasteiger partial charge < -0.3 is 18.9 Å². The Bertz CT molecular complexity index is 1640. The fourth-order valence-corrected chi connectivity index (χ4v) is 7.82. The van der Waals surface area contributed by atoms with E-state index in [9.17, 15) is 4.79 Å². The molecule has 0 bridgehead atoms. The van der Waals surface area contributed by atoms with Crippen molar-refractivity contribution in [2.24, 2.45) is 0 Å². The zero-order valence-electron chi connectivity index (χ0n) is 23.3. The third-order valence-electron chi connectivity index (χ3n) is 9.61. The molecule has 202 valence electrons. The predicted molar refractivity (Wildman–Crippen MR) is 154 cm³/mol. The van der Waals surface area contributed by atoms with Crippen molar-refractivity contribution in [2.75, 3.05) is 28.4 Å². The first-order chi connectivity index (χ1) is 19.5. The van der Waals surface area contributed by atoms with Crippen LogP contribution in [0.15, 0.2) is 72.8 Å². The molecular weight excluding hydrogens is 500 g/mol. The second-order valence-corrected chi connectivity index (χ2v) is 11.0. The minimum Gasteiger partial charge on any atom is -0.493 e. The average Bonchev–Trinajstić information content (AvgIpc) is 3.29. The predicted octanol–water partition coefficient (Wildman–Crippen LogP) is 7.09. The summed E-state index contributed by atoms with van der Waals surface area (Å²) in [5, 5.41) is 0. The highest BCUT2D eigenvalue weighted by molar-refractivity contribution is 6.00. The summed E-state index contributed by atoms with van der Waals surface area (Å²) >= 11 is 0. The summed E-state index contributed by atoms with van der Waals surface area (Å²) in [5.74, 6) is 2.75. The number of hydrogen-bond acceptors (Lipinski definition) is 5. The van der Waals surface area contributed by atoms with Crippen LogP contribution in [0.4, 0.5) is 0 Å². The van der Waals surface area contributed by atoms with Gasteiger partial charge in [0.2, 0.25) is 0 Å². The fraction of sp³-hybridized carbons (Fsp3) is 0.286. The van der Waals surface area contributed by atoms with Crippen LogP contribution in [-0.2, 0) is 10.8 Å². The van der Waals surface area contributed by atoms with E-state index in [0.29, 0.717) is 35.0 Å². The first-order valence-corrected chi connectivity index (χ1v) is 13.8. The van der Waals surface area contributed by atoms with Gasteiger partial charge in [-0.3, -0.25) is 4.79 Å². The van der Waals surface area contributed by atoms with Crippen LogP contribution in [-0.4, -0.2) is 34.2 Å². The summed E-state index contributed by atoms with van der Waals surface area (Å²) in [5.41, 5.74) is 8.57. The standard InChI is InChI=1S/C35H32O5/c1-37-30-17-23-26(18-31(30)38-2)34(14-13-29(23)36)15-16-35(28-20-33(40-4)32(39-3)19-27(28)34)24-11-7-5-9-21(24)22-10-6-8-12-25(22)35/h5-12,17-20H,13-16H2,1-4H3. The maximum Gasteiger partial charge on any atom is 0.163 e. The van der Waals surface area contributed by atoms with Crippen molar-refractivity contribution in [3.63, 3.8) is 0 Å². The average molecular weight is 533 g/mol. The molecular formula is C35H32O5. The molecule has 5 heteroatoms. The summed E-state index contributed by atoms with van der Waals surface area (Å²) in [6, 6.07) is 25.8. The SMILES string of the molecule is COc1cc2c(cc1OC)C1(CCC2=O)CCC2(c3ccccc3-c3ccccc32)c2cc(OC)c(OC)cc21. The van der Waals surface area contributed by atoms with Gasteiger partial charge in [-0.1, -0.05) is 48.5 Å². The lowest BCUT2D eigenvalue weighted by atomic mass is 9.52. The summed E-state index contributed by atoms with van der Waals surface area (Å²) in [6.07, 6.45) is 2.95. The Morgan fingerprint density at radius 3 is 1.60 bits per heavy atom. The smallest absolute Gasteiger partial charge is 0.163 e. The van der Waals surface area contributed by atoms with Gasteiger partial charge in [0, 0.05) is 22.8 Å². The van der Waals surface area contributed by atoms with Gasteiger partial charge in [-0.25, -0.2) is 0 Å². The number of carbonyl (C=O) groups excluding carboxylic acids is 1. The Balaban J connectivity index is 1.59. The number of carbonyl (C=O) groups is 1. The highest BCUT2D eigenvalue weighted by atomic mass is 16.5. The molecule has 1 unspecified atom stereocenters. The van der Waals surface area contributed by atoms with E-state index in [4.69, 9.17) is 18.9 Å². The van der Waals surface area contributed by atoms with Crippen LogP contribution in [0.3, 0.4) is 0 Å². The summed E-state index contributed by atoms with van der Waals surface area (Å²) in [6.45, 7) is 0. The number of methoxy groups -OCH3 is 4. The molecule has 7 rings (SSSR count). The molecule has 3 aliphatic carbocycles. The summed E-state index contributed by atoms with van der Waals surface area (Å²) in [4.78, 5) is 13.4. The van der Waals surface area contributed by atoms with Gasteiger partial charge in [0.15, 0.2) is 28.8 Å². The highest BCUT2D eigenvalue weighted by Crippen LogP contribution is 2.64. The van der Waals surface area contributed by atoms with Crippen LogP contribution in [0, 0.1) is 0 Å². The number of fused-ring (bicyclic) bond motifs is 10. The molecule has 2 spiro atoms. The maximum absolute atomic E-state index is 13.4. The van der Waals surface area contributed by atoms with E-state index in [2.05, 4.69) is 60.7 Å². The third kappa shape index (κ3) is 3.06. The van der Waals surface area contributed by atoms with Crippen molar-refractivity contribution in [3.8, 4) is 34.1 Å². The van der Waals surface area contributed by atoms with Gasteiger partial charge in [-0.2, -0.15) is 0 Å². The molecule has 0 aromatic heterocycles. The first-order valence-electron chi connectivity index (χ1n) is 13.8. The molecule has 4 aromatic rings.